The molecule has 6 heteroatoms. The van der Waals surface area contributed by atoms with Crippen LogP contribution in [0.2, 0.25) is 0 Å². The van der Waals surface area contributed by atoms with E-state index in [1.165, 1.54) is 12.1 Å². The van der Waals surface area contributed by atoms with Crippen molar-refractivity contribution in [2.24, 2.45) is 5.73 Å². The Morgan fingerprint density at radius 1 is 1.05 bits per heavy atom. The summed E-state index contributed by atoms with van der Waals surface area (Å²) in [5, 5.41) is 2.55. The van der Waals surface area contributed by atoms with E-state index in [1.807, 2.05) is 0 Å². The number of alkyl halides is 3. The van der Waals surface area contributed by atoms with Gasteiger partial charge in [-0.25, -0.2) is 0 Å². The Morgan fingerprint density at radius 2 is 1.67 bits per heavy atom. The summed E-state index contributed by atoms with van der Waals surface area (Å²) in [4.78, 5) is 12.1. The summed E-state index contributed by atoms with van der Waals surface area (Å²) < 4.78 is 37.3. The lowest BCUT2D eigenvalue weighted by molar-refractivity contribution is -0.137. The fourth-order valence-corrected chi connectivity index (χ4v) is 1.86. The Labute approximate surface area is 119 Å². The Balaban J connectivity index is 2.16. The lowest BCUT2D eigenvalue weighted by Crippen LogP contribution is -2.15. The molecule has 0 saturated heterocycles. The van der Waals surface area contributed by atoms with Gasteiger partial charge in [-0.3, -0.25) is 4.79 Å². The molecular weight excluding hydrogens is 281 g/mol. The van der Waals surface area contributed by atoms with Gasteiger partial charge >= 0.3 is 6.18 Å². The third kappa shape index (κ3) is 3.61. The van der Waals surface area contributed by atoms with Crippen LogP contribution in [0.4, 0.5) is 18.9 Å². The van der Waals surface area contributed by atoms with Gasteiger partial charge in [-0.15, -0.1) is 0 Å². The van der Waals surface area contributed by atoms with Crippen LogP contribution in [0, 0.1) is 0 Å². The molecule has 110 valence electrons. The van der Waals surface area contributed by atoms with Gasteiger partial charge in [-0.05, 0) is 35.9 Å². The first-order valence-electron chi connectivity index (χ1n) is 6.18. The van der Waals surface area contributed by atoms with Gasteiger partial charge in [0.05, 0.1) is 5.56 Å². The van der Waals surface area contributed by atoms with Crippen molar-refractivity contribution in [3.63, 3.8) is 0 Å². The number of nitrogens with one attached hydrogen (secondary N) is 1. The third-order valence-electron chi connectivity index (χ3n) is 2.95. The first-order chi connectivity index (χ1) is 9.91. The van der Waals surface area contributed by atoms with Crippen LogP contribution in [0.5, 0.6) is 0 Å². The molecule has 3 nitrogen and oxygen atoms in total. The van der Waals surface area contributed by atoms with Crippen LogP contribution in [0.3, 0.4) is 0 Å². The number of carbonyl (C=O) groups excluding carboxylic acids is 1. The van der Waals surface area contributed by atoms with Crippen LogP contribution >= 0.6 is 0 Å². The summed E-state index contributed by atoms with van der Waals surface area (Å²) in [7, 11) is 0. The summed E-state index contributed by atoms with van der Waals surface area (Å²) in [6, 6.07) is 11.1. The molecule has 0 aliphatic rings. The molecule has 0 spiro atoms. The standard InChI is InChI=1S/C15H13F3N2O/c16-15(17,18)11-5-7-12(8-6-11)20-14(21)13-4-2-1-3-10(13)9-19/h1-8H,9,19H2,(H,20,21). The largest absolute Gasteiger partial charge is 0.416 e. The first kappa shape index (κ1) is 15.1. The van der Waals surface area contributed by atoms with E-state index in [0.717, 1.165) is 12.1 Å². The predicted molar refractivity (Wildman–Crippen MR) is 73.7 cm³/mol. The molecule has 2 aromatic rings. The molecule has 1 amide bonds. The fraction of sp³-hybridized carbons (Fsp3) is 0.133. The molecule has 0 aliphatic carbocycles. The van der Waals surface area contributed by atoms with Crippen LogP contribution in [-0.2, 0) is 12.7 Å². The third-order valence-corrected chi connectivity index (χ3v) is 2.95. The summed E-state index contributed by atoms with van der Waals surface area (Å²) in [6.45, 7) is 0.205. The number of benzene rings is 2. The molecule has 0 heterocycles. The number of hydrogen-bond donors (Lipinski definition) is 2. The predicted octanol–water partition coefficient (Wildman–Crippen LogP) is 3.42. The van der Waals surface area contributed by atoms with Gasteiger partial charge in [0.15, 0.2) is 0 Å². The maximum atomic E-state index is 12.4. The van der Waals surface area contributed by atoms with Crippen molar-refractivity contribution in [3.05, 3.63) is 65.2 Å². The highest BCUT2D eigenvalue weighted by atomic mass is 19.4. The lowest BCUT2D eigenvalue weighted by Gasteiger charge is -2.10. The van der Waals surface area contributed by atoms with Gasteiger partial charge in [0.2, 0.25) is 0 Å². The molecule has 2 rings (SSSR count). The van der Waals surface area contributed by atoms with E-state index in [2.05, 4.69) is 5.32 Å². The molecule has 0 bridgehead atoms. The molecule has 0 atom stereocenters. The van der Waals surface area contributed by atoms with Crippen molar-refractivity contribution >= 4 is 11.6 Å². The molecule has 0 saturated carbocycles. The molecule has 0 aromatic heterocycles. The second-order valence-corrected chi connectivity index (χ2v) is 4.39. The molecule has 0 fully saturated rings. The quantitative estimate of drug-likeness (QED) is 0.911. The van der Waals surface area contributed by atoms with Crippen LogP contribution in [-0.4, -0.2) is 5.91 Å². The zero-order valence-electron chi connectivity index (χ0n) is 10.9. The van der Waals surface area contributed by atoms with Crippen LogP contribution in [0.1, 0.15) is 21.5 Å². The van der Waals surface area contributed by atoms with Gasteiger partial charge < -0.3 is 11.1 Å². The molecule has 2 aromatic carbocycles. The number of amides is 1. The molecule has 0 unspecified atom stereocenters. The van der Waals surface area contributed by atoms with Crippen molar-refractivity contribution in [1.82, 2.24) is 0 Å². The summed E-state index contributed by atoms with van der Waals surface area (Å²) in [6.07, 6.45) is -4.39. The number of halogens is 3. The van der Waals surface area contributed by atoms with Crippen molar-refractivity contribution in [2.45, 2.75) is 12.7 Å². The van der Waals surface area contributed by atoms with Crippen LogP contribution in [0.15, 0.2) is 48.5 Å². The van der Waals surface area contributed by atoms with E-state index in [9.17, 15) is 18.0 Å². The highest BCUT2D eigenvalue weighted by Gasteiger charge is 2.30. The molecule has 0 aliphatic heterocycles. The zero-order valence-corrected chi connectivity index (χ0v) is 10.9. The molecule has 21 heavy (non-hydrogen) atoms. The second-order valence-electron chi connectivity index (χ2n) is 4.39. The summed E-state index contributed by atoms with van der Waals surface area (Å²) in [5.41, 5.74) is 6.15. The monoisotopic (exact) mass is 294 g/mol. The Hall–Kier alpha value is -2.34. The van der Waals surface area contributed by atoms with E-state index in [4.69, 9.17) is 5.73 Å². The lowest BCUT2D eigenvalue weighted by atomic mass is 10.1. The van der Waals surface area contributed by atoms with E-state index < -0.39 is 17.6 Å². The number of anilines is 1. The van der Waals surface area contributed by atoms with E-state index >= 15 is 0 Å². The molecule has 0 radical (unpaired) electrons. The van der Waals surface area contributed by atoms with Crippen LogP contribution < -0.4 is 11.1 Å². The minimum atomic E-state index is -4.39. The number of hydrogen-bond acceptors (Lipinski definition) is 2. The fourth-order valence-electron chi connectivity index (χ4n) is 1.86. The number of rotatable bonds is 3. The zero-order chi connectivity index (χ0) is 15.5. The Kier molecular flexibility index (Phi) is 4.28. The van der Waals surface area contributed by atoms with Crippen molar-refractivity contribution in [2.75, 3.05) is 5.32 Å². The second kappa shape index (κ2) is 5.97. The Morgan fingerprint density at radius 3 is 2.24 bits per heavy atom. The first-order valence-corrected chi connectivity index (χ1v) is 6.18. The van der Waals surface area contributed by atoms with Gasteiger partial charge in [0.25, 0.3) is 5.91 Å². The van der Waals surface area contributed by atoms with E-state index in [-0.39, 0.29) is 6.54 Å². The molecular formula is C15H13F3N2O. The highest BCUT2D eigenvalue weighted by molar-refractivity contribution is 6.05. The average Bonchev–Trinajstić information content (AvgIpc) is 2.46. The topological polar surface area (TPSA) is 55.1 Å². The highest BCUT2D eigenvalue weighted by Crippen LogP contribution is 2.29. The van der Waals surface area contributed by atoms with Gasteiger partial charge in [0, 0.05) is 17.8 Å². The SMILES string of the molecule is NCc1ccccc1C(=O)Nc1ccc(C(F)(F)F)cc1. The maximum Gasteiger partial charge on any atom is 0.416 e. The van der Waals surface area contributed by atoms with E-state index in [0.29, 0.717) is 16.8 Å². The van der Waals surface area contributed by atoms with Gasteiger partial charge in [-0.2, -0.15) is 13.2 Å². The molecule has 3 N–H and O–H groups in total. The van der Waals surface area contributed by atoms with Gasteiger partial charge in [0.1, 0.15) is 0 Å². The average molecular weight is 294 g/mol. The van der Waals surface area contributed by atoms with E-state index in [1.54, 1.807) is 24.3 Å². The number of carbonyl (C=O) groups is 1. The maximum absolute atomic E-state index is 12.4. The van der Waals surface area contributed by atoms with Crippen molar-refractivity contribution in [1.29, 1.82) is 0 Å². The van der Waals surface area contributed by atoms with Crippen LogP contribution in [0.25, 0.3) is 0 Å². The number of nitrogens with two attached hydrogens (primary N) is 1. The smallest absolute Gasteiger partial charge is 0.326 e. The normalized spacial score (nSPS) is 11.2. The summed E-state index contributed by atoms with van der Waals surface area (Å²) >= 11 is 0. The van der Waals surface area contributed by atoms with Gasteiger partial charge in [-0.1, -0.05) is 18.2 Å². The summed E-state index contributed by atoms with van der Waals surface area (Å²) in [5.74, 6) is -0.407. The minimum absolute atomic E-state index is 0.205. The minimum Gasteiger partial charge on any atom is -0.326 e. The Bertz CT molecular complexity index is 636. The van der Waals surface area contributed by atoms with Crippen molar-refractivity contribution in [3.8, 4) is 0 Å². The van der Waals surface area contributed by atoms with Crippen molar-refractivity contribution < 1.29 is 18.0 Å².